The molecule has 1 aromatic carbocycles. The first-order chi connectivity index (χ1) is 27.6. The Morgan fingerprint density at radius 2 is 1.41 bits per heavy atom. The van der Waals surface area contributed by atoms with Gasteiger partial charge in [0.1, 0.15) is 11.8 Å². The number of nitriles is 1. The van der Waals surface area contributed by atoms with Gasteiger partial charge < -0.3 is 35.2 Å². The van der Waals surface area contributed by atoms with Gasteiger partial charge in [0.05, 0.1) is 89.7 Å². The van der Waals surface area contributed by atoms with Crippen molar-refractivity contribution in [3.8, 4) is 11.8 Å². The van der Waals surface area contributed by atoms with Crippen LogP contribution in [0.2, 0.25) is 0 Å². The maximum absolute atomic E-state index is 13.8. The molecule has 22 heteroatoms. The van der Waals surface area contributed by atoms with Crippen LogP contribution >= 0.6 is 0 Å². The van der Waals surface area contributed by atoms with Crippen LogP contribution in [0.1, 0.15) is 23.2 Å². The van der Waals surface area contributed by atoms with Gasteiger partial charge in [0.25, 0.3) is 11.8 Å². The van der Waals surface area contributed by atoms with Crippen molar-refractivity contribution in [1.29, 1.82) is 5.26 Å². The summed E-state index contributed by atoms with van der Waals surface area (Å²) in [5.74, 6) is -7.72. The predicted molar refractivity (Wildman–Crippen MR) is 197 cm³/mol. The van der Waals surface area contributed by atoms with E-state index in [1.54, 1.807) is 34.1 Å². The first kappa shape index (κ1) is 43.5. The average Bonchev–Trinajstić information content (AvgIpc) is 3.48. The minimum Gasteiger partial charge on any atom is -0.494 e. The van der Waals surface area contributed by atoms with E-state index in [4.69, 9.17) is 4.74 Å². The standard InChI is InChI=1S/C36H46F2N10O10/c37-36(38)13-25(14-39)48(20-36)30(49)15-41-35(57)27-4-5-40-29-3-2-26(12-28(27)29)58-11-1-6-42-7-9-47(10-8-42)31(50)16-43-21-44(17-32(51)52)23-46(19-34(55)56)24-45(22-43)18-33(53)54/h2-5,12,25H,1,6-11,13,15-24H2,(H,41,57)(H,51,52)(H,53,54)(H,55,56)/t25-/m0/s1. The van der Waals surface area contributed by atoms with E-state index in [1.165, 1.54) is 27.0 Å². The molecule has 2 aromatic rings. The van der Waals surface area contributed by atoms with Crippen molar-refractivity contribution in [2.24, 2.45) is 0 Å². The quantitative estimate of drug-likeness (QED) is 0.148. The first-order valence-electron chi connectivity index (χ1n) is 18.5. The number of halogens is 2. The number of hydrogen-bond acceptors (Lipinski definition) is 14. The summed E-state index contributed by atoms with van der Waals surface area (Å²) in [5.41, 5.74) is 0.689. The van der Waals surface area contributed by atoms with Crippen molar-refractivity contribution in [3.63, 3.8) is 0 Å². The van der Waals surface area contributed by atoms with E-state index < -0.39 is 80.8 Å². The summed E-state index contributed by atoms with van der Waals surface area (Å²) in [6, 6.07) is 6.94. The van der Waals surface area contributed by atoms with Gasteiger partial charge in [-0.2, -0.15) is 5.26 Å². The number of ether oxygens (including phenoxy) is 1. The molecule has 0 unspecified atom stereocenters. The molecular weight excluding hydrogens is 770 g/mol. The van der Waals surface area contributed by atoms with Crippen LogP contribution in [0.4, 0.5) is 8.78 Å². The van der Waals surface area contributed by atoms with Gasteiger partial charge >= 0.3 is 17.9 Å². The van der Waals surface area contributed by atoms with Crippen molar-refractivity contribution < 1.29 is 57.6 Å². The molecule has 5 rings (SSSR count). The van der Waals surface area contributed by atoms with Crippen molar-refractivity contribution in [2.75, 3.05) is 105 Å². The molecule has 0 radical (unpaired) electrons. The minimum absolute atomic E-state index is 0.00261. The van der Waals surface area contributed by atoms with Gasteiger partial charge in [0.2, 0.25) is 11.8 Å². The number of carbonyl (C=O) groups excluding carboxylic acids is 3. The summed E-state index contributed by atoms with van der Waals surface area (Å²) < 4.78 is 33.6. The molecule has 4 heterocycles. The summed E-state index contributed by atoms with van der Waals surface area (Å²) in [6.07, 6.45) is 1.32. The van der Waals surface area contributed by atoms with Crippen molar-refractivity contribution in [3.05, 3.63) is 36.0 Å². The summed E-state index contributed by atoms with van der Waals surface area (Å²) >= 11 is 0. The molecule has 58 heavy (non-hydrogen) atoms. The first-order valence-corrected chi connectivity index (χ1v) is 18.5. The van der Waals surface area contributed by atoms with Gasteiger partial charge in [-0.1, -0.05) is 0 Å². The maximum Gasteiger partial charge on any atom is 0.317 e. The van der Waals surface area contributed by atoms with E-state index in [9.17, 15) is 58.1 Å². The maximum atomic E-state index is 13.8. The van der Waals surface area contributed by atoms with E-state index in [2.05, 4.69) is 15.2 Å². The molecule has 3 amide bonds. The number of aliphatic carboxylic acids is 3. The predicted octanol–water partition coefficient (Wildman–Crippen LogP) is -1.06. The van der Waals surface area contributed by atoms with Crippen molar-refractivity contribution in [1.82, 2.24) is 44.6 Å². The number of carboxylic acid groups (broad SMARTS) is 3. The topological polar surface area (TPSA) is 244 Å². The molecule has 3 aliphatic rings. The van der Waals surface area contributed by atoms with Crippen LogP contribution in [0.5, 0.6) is 5.75 Å². The molecule has 3 aliphatic heterocycles. The number of fused-ring (bicyclic) bond motifs is 1. The smallest absolute Gasteiger partial charge is 0.317 e. The zero-order valence-corrected chi connectivity index (χ0v) is 31.7. The second-order valence-corrected chi connectivity index (χ2v) is 14.4. The monoisotopic (exact) mass is 816 g/mol. The summed E-state index contributed by atoms with van der Waals surface area (Å²) in [5, 5.41) is 40.3. The Hall–Kier alpha value is -5.60. The molecule has 1 atom stereocenters. The van der Waals surface area contributed by atoms with Gasteiger partial charge in [-0.05, 0) is 30.7 Å². The number of alkyl halides is 2. The highest BCUT2D eigenvalue weighted by atomic mass is 19.3. The Morgan fingerprint density at radius 1 is 0.828 bits per heavy atom. The molecule has 0 aliphatic carbocycles. The van der Waals surface area contributed by atoms with Crippen LogP contribution in [0.15, 0.2) is 30.5 Å². The van der Waals surface area contributed by atoms with Crippen LogP contribution in [-0.2, 0) is 24.0 Å². The van der Waals surface area contributed by atoms with Crippen molar-refractivity contribution >= 4 is 46.5 Å². The second kappa shape index (κ2) is 19.7. The largest absolute Gasteiger partial charge is 0.494 e. The Labute approximate surface area is 331 Å². The number of pyridine rings is 1. The fraction of sp³-hybridized carbons (Fsp3) is 0.556. The molecule has 3 fully saturated rings. The van der Waals surface area contributed by atoms with E-state index >= 15 is 0 Å². The number of carboxylic acids is 3. The van der Waals surface area contributed by atoms with Crippen LogP contribution in [0, 0.1) is 11.3 Å². The Bertz CT molecular complexity index is 1860. The number of rotatable bonds is 16. The fourth-order valence-corrected chi connectivity index (χ4v) is 7.23. The van der Waals surface area contributed by atoms with Gasteiger partial charge in [0.15, 0.2) is 0 Å². The highest BCUT2D eigenvalue weighted by Crippen LogP contribution is 2.31. The zero-order chi connectivity index (χ0) is 42.0. The molecular formula is C36H46F2N10O10. The van der Waals surface area contributed by atoms with Crippen LogP contribution in [0.3, 0.4) is 0 Å². The Morgan fingerprint density at radius 3 is 1.98 bits per heavy atom. The number of nitrogens with one attached hydrogen (secondary N) is 1. The highest BCUT2D eigenvalue weighted by molar-refractivity contribution is 6.07. The van der Waals surface area contributed by atoms with Gasteiger partial charge in [-0.15, -0.1) is 0 Å². The highest BCUT2D eigenvalue weighted by Gasteiger charge is 2.47. The molecule has 0 saturated carbocycles. The van der Waals surface area contributed by atoms with E-state index in [1.807, 2.05) is 0 Å². The second-order valence-electron chi connectivity index (χ2n) is 14.4. The summed E-state index contributed by atoms with van der Waals surface area (Å²) in [7, 11) is 0. The number of aromatic nitrogens is 1. The third-order valence-corrected chi connectivity index (χ3v) is 9.74. The lowest BCUT2D eigenvalue weighted by molar-refractivity contribution is -0.146. The minimum atomic E-state index is -3.17. The van der Waals surface area contributed by atoms with Crippen molar-refractivity contribution in [2.45, 2.75) is 24.8 Å². The number of benzene rings is 1. The molecule has 3 saturated heterocycles. The number of hydrogen-bond donors (Lipinski definition) is 4. The number of carbonyl (C=O) groups is 6. The molecule has 1 aromatic heterocycles. The average molecular weight is 817 g/mol. The van der Waals surface area contributed by atoms with Crippen LogP contribution in [0.25, 0.3) is 10.9 Å². The lowest BCUT2D eigenvalue weighted by Gasteiger charge is -2.41. The summed E-state index contributed by atoms with van der Waals surface area (Å²) in [6.45, 7) is 0.193. The SMILES string of the molecule is N#C[C@@H]1CC(F)(F)CN1C(=O)CNC(=O)c1ccnc2ccc(OCCCN3CCN(C(=O)CN4CN(CC(=O)O)CN(CC(=O)O)CN(CC(=O)O)C4)CC3)cc12. The number of piperazine rings is 1. The molecule has 314 valence electrons. The third kappa shape index (κ3) is 12.4. The van der Waals surface area contributed by atoms with Gasteiger partial charge in [-0.25, -0.2) is 8.78 Å². The van der Waals surface area contributed by atoms with Crippen LogP contribution < -0.4 is 10.1 Å². The lowest BCUT2D eigenvalue weighted by atomic mass is 10.1. The van der Waals surface area contributed by atoms with E-state index in [0.717, 1.165) is 4.90 Å². The molecule has 4 N–H and O–H groups in total. The number of amides is 3. The number of nitrogens with zero attached hydrogens (tertiary/aromatic N) is 9. The van der Waals surface area contributed by atoms with Gasteiger partial charge in [-0.3, -0.25) is 58.3 Å². The Kier molecular flexibility index (Phi) is 14.8. The fourth-order valence-electron chi connectivity index (χ4n) is 7.23. The zero-order valence-electron chi connectivity index (χ0n) is 31.7. The van der Waals surface area contributed by atoms with Gasteiger partial charge in [0, 0.05) is 50.7 Å². The molecule has 0 spiro atoms. The number of likely N-dealkylation sites (tertiary alicyclic amines) is 1. The lowest BCUT2D eigenvalue weighted by Crippen LogP contribution is -2.59. The van der Waals surface area contributed by atoms with E-state index in [-0.39, 0.29) is 44.7 Å². The third-order valence-electron chi connectivity index (χ3n) is 9.74. The van der Waals surface area contributed by atoms with E-state index in [0.29, 0.717) is 62.4 Å². The Balaban J connectivity index is 1.08. The van der Waals surface area contributed by atoms with Crippen LogP contribution in [-0.4, -0.2) is 207 Å². The normalized spacial score (nSPS) is 19.9. The summed E-state index contributed by atoms with van der Waals surface area (Å²) in [4.78, 5) is 88.5. The molecule has 20 nitrogen and oxygen atoms in total. The molecule has 0 bridgehead atoms.